The predicted molar refractivity (Wildman–Crippen MR) is 105 cm³/mol. The SMILES string of the molecule is CCNC(=NCc1ccc(F)c(C)c1)NCc1scnc1C.I. The first kappa shape index (κ1) is 19.8. The second-order valence-electron chi connectivity index (χ2n) is 4.99. The van der Waals surface area contributed by atoms with Crippen LogP contribution in [0.4, 0.5) is 4.39 Å². The average Bonchev–Trinajstić information content (AvgIpc) is 2.91. The van der Waals surface area contributed by atoms with E-state index in [9.17, 15) is 4.39 Å². The van der Waals surface area contributed by atoms with Crippen molar-refractivity contribution in [3.8, 4) is 0 Å². The molecule has 0 unspecified atom stereocenters. The number of hydrogen-bond donors (Lipinski definition) is 2. The van der Waals surface area contributed by atoms with Crippen molar-refractivity contribution in [2.75, 3.05) is 6.54 Å². The summed E-state index contributed by atoms with van der Waals surface area (Å²) in [5.74, 6) is 0.565. The predicted octanol–water partition coefficient (Wildman–Crippen LogP) is 3.77. The Morgan fingerprint density at radius 2 is 2.09 bits per heavy atom. The molecule has 0 aliphatic carbocycles. The number of nitrogens with one attached hydrogen (secondary N) is 2. The molecule has 1 heterocycles. The molecule has 1 aromatic heterocycles. The summed E-state index contributed by atoms with van der Waals surface area (Å²) in [5.41, 5.74) is 4.52. The van der Waals surface area contributed by atoms with E-state index in [1.165, 1.54) is 10.9 Å². The molecule has 2 N–H and O–H groups in total. The Labute approximate surface area is 157 Å². The molecule has 0 amide bonds. The molecule has 4 nitrogen and oxygen atoms in total. The third-order valence-electron chi connectivity index (χ3n) is 3.25. The van der Waals surface area contributed by atoms with Gasteiger partial charge in [-0.05, 0) is 38.0 Å². The van der Waals surface area contributed by atoms with Gasteiger partial charge in [-0.2, -0.15) is 0 Å². The number of benzene rings is 1. The highest BCUT2D eigenvalue weighted by molar-refractivity contribution is 14.0. The van der Waals surface area contributed by atoms with Crippen molar-refractivity contribution in [3.63, 3.8) is 0 Å². The van der Waals surface area contributed by atoms with Crippen LogP contribution in [0.15, 0.2) is 28.7 Å². The van der Waals surface area contributed by atoms with E-state index in [-0.39, 0.29) is 29.8 Å². The van der Waals surface area contributed by atoms with Crippen molar-refractivity contribution in [2.45, 2.75) is 33.9 Å². The fraction of sp³-hybridized carbons (Fsp3) is 0.375. The highest BCUT2D eigenvalue weighted by atomic mass is 127. The van der Waals surface area contributed by atoms with Crippen LogP contribution in [0, 0.1) is 19.7 Å². The molecule has 0 aliphatic heterocycles. The first-order valence-electron chi connectivity index (χ1n) is 7.26. The zero-order valence-corrected chi connectivity index (χ0v) is 16.7. The largest absolute Gasteiger partial charge is 0.357 e. The topological polar surface area (TPSA) is 49.3 Å². The Hall–Kier alpha value is -1.22. The van der Waals surface area contributed by atoms with Crippen LogP contribution in [-0.2, 0) is 13.1 Å². The summed E-state index contributed by atoms with van der Waals surface area (Å²) in [5, 5.41) is 6.51. The maximum Gasteiger partial charge on any atom is 0.191 e. The van der Waals surface area contributed by atoms with Crippen LogP contribution >= 0.6 is 35.3 Å². The van der Waals surface area contributed by atoms with Crippen LogP contribution in [-0.4, -0.2) is 17.5 Å². The second kappa shape index (κ2) is 9.82. The number of rotatable bonds is 5. The van der Waals surface area contributed by atoms with Gasteiger partial charge in [0.1, 0.15) is 5.82 Å². The van der Waals surface area contributed by atoms with Gasteiger partial charge in [-0.1, -0.05) is 12.1 Å². The molecule has 0 saturated carbocycles. The molecule has 2 aromatic rings. The summed E-state index contributed by atoms with van der Waals surface area (Å²) < 4.78 is 13.3. The molecule has 0 saturated heterocycles. The van der Waals surface area contributed by atoms with E-state index < -0.39 is 0 Å². The summed E-state index contributed by atoms with van der Waals surface area (Å²) in [6.07, 6.45) is 0. The van der Waals surface area contributed by atoms with Gasteiger partial charge >= 0.3 is 0 Å². The van der Waals surface area contributed by atoms with Gasteiger partial charge < -0.3 is 10.6 Å². The minimum atomic E-state index is -0.182. The third kappa shape index (κ3) is 6.06. The van der Waals surface area contributed by atoms with Crippen LogP contribution in [0.25, 0.3) is 0 Å². The van der Waals surface area contributed by atoms with Gasteiger partial charge in [0.15, 0.2) is 5.96 Å². The summed E-state index contributed by atoms with van der Waals surface area (Å²) in [7, 11) is 0. The lowest BCUT2D eigenvalue weighted by molar-refractivity contribution is 0.617. The van der Waals surface area contributed by atoms with E-state index in [1.807, 2.05) is 25.4 Å². The number of aliphatic imine (C=N–C) groups is 1. The highest BCUT2D eigenvalue weighted by Gasteiger charge is 2.04. The molecular formula is C16H22FIN4S. The lowest BCUT2D eigenvalue weighted by atomic mass is 10.1. The lowest BCUT2D eigenvalue weighted by Crippen LogP contribution is -2.36. The number of aryl methyl sites for hydroxylation is 2. The monoisotopic (exact) mass is 448 g/mol. The molecule has 0 atom stereocenters. The standard InChI is InChI=1S/C16H21FN4S.HI/c1-4-18-16(20-9-15-12(3)21-10-22-15)19-8-13-5-6-14(17)11(2)7-13;/h5-7,10H,4,8-9H2,1-3H3,(H2,18,19,20);1H. The van der Waals surface area contributed by atoms with E-state index in [0.717, 1.165) is 23.8 Å². The smallest absolute Gasteiger partial charge is 0.191 e. The average molecular weight is 448 g/mol. The molecule has 126 valence electrons. The molecule has 0 bridgehead atoms. The van der Waals surface area contributed by atoms with Crippen molar-refractivity contribution in [1.82, 2.24) is 15.6 Å². The Morgan fingerprint density at radius 1 is 1.30 bits per heavy atom. The van der Waals surface area contributed by atoms with Gasteiger partial charge in [-0.25, -0.2) is 14.4 Å². The van der Waals surface area contributed by atoms with E-state index in [4.69, 9.17) is 0 Å². The van der Waals surface area contributed by atoms with Crippen molar-refractivity contribution in [2.24, 2.45) is 4.99 Å². The Morgan fingerprint density at radius 3 is 2.70 bits per heavy atom. The summed E-state index contributed by atoms with van der Waals surface area (Å²) in [6, 6.07) is 5.08. The number of halogens is 2. The summed E-state index contributed by atoms with van der Waals surface area (Å²) in [4.78, 5) is 9.97. The van der Waals surface area contributed by atoms with Crippen LogP contribution in [0.5, 0.6) is 0 Å². The number of aromatic nitrogens is 1. The molecule has 0 fully saturated rings. The minimum absolute atomic E-state index is 0. The van der Waals surface area contributed by atoms with Crippen LogP contribution in [0.3, 0.4) is 0 Å². The Bertz CT molecular complexity index is 657. The number of guanidine groups is 1. The zero-order valence-electron chi connectivity index (χ0n) is 13.5. The highest BCUT2D eigenvalue weighted by Crippen LogP contribution is 2.12. The van der Waals surface area contributed by atoms with Crippen molar-refractivity contribution in [1.29, 1.82) is 0 Å². The van der Waals surface area contributed by atoms with E-state index in [1.54, 1.807) is 24.3 Å². The van der Waals surface area contributed by atoms with E-state index >= 15 is 0 Å². The number of nitrogens with zero attached hydrogens (tertiary/aromatic N) is 2. The molecule has 0 spiro atoms. The van der Waals surface area contributed by atoms with Gasteiger partial charge in [0.25, 0.3) is 0 Å². The van der Waals surface area contributed by atoms with Crippen molar-refractivity contribution in [3.05, 3.63) is 51.2 Å². The first-order valence-corrected chi connectivity index (χ1v) is 8.14. The van der Waals surface area contributed by atoms with E-state index in [2.05, 4.69) is 20.6 Å². The molecule has 2 rings (SSSR count). The van der Waals surface area contributed by atoms with Crippen molar-refractivity contribution >= 4 is 41.3 Å². The van der Waals surface area contributed by atoms with Gasteiger partial charge in [0, 0.05) is 11.4 Å². The van der Waals surface area contributed by atoms with Crippen LogP contribution in [0.1, 0.15) is 28.6 Å². The van der Waals surface area contributed by atoms with E-state index in [0.29, 0.717) is 18.7 Å². The van der Waals surface area contributed by atoms with Gasteiger partial charge in [-0.15, -0.1) is 35.3 Å². The molecular weight excluding hydrogens is 426 g/mol. The Kier molecular flexibility index (Phi) is 8.46. The molecule has 1 aromatic carbocycles. The normalized spacial score (nSPS) is 11.0. The number of hydrogen-bond acceptors (Lipinski definition) is 3. The summed E-state index contributed by atoms with van der Waals surface area (Å²) >= 11 is 1.63. The van der Waals surface area contributed by atoms with Crippen molar-refractivity contribution < 1.29 is 4.39 Å². The quantitative estimate of drug-likeness (QED) is 0.416. The minimum Gasteiger partial charge on any atom is -0.357 e. The van der Waals surface area contributed by atoms with Gasteiger partial charge in [-0.3, -0.25) is 0 Å². The third-order valence-corrected chi connectivity index (χ3v) is 4.18. The molecule has 7 heteroatoms. The van der Waals surface area contributed by atoms with Gasteiger partial charge in [0.05, 0.1) is 24.3 Å². The summed E-state index contributed by atoms with van der Waals surface area (Å²) in [6.45, 7) is 7.79. The maximum absolute atomic E-state index is 13.3. The second-order valence-corrected chi connectivity index (χ2v) is 5.93. The molecule has 0 aliphatic rings. The fourth-order valence-electron chi connectivity index (χ4n) is 1.98. The number of thiazole rings is 1. The van der Waals surface area contributed by atoms with Gasteiger partial charge in [0.2, 0.25) is 0 Å². The maximum atomic E-state index is 13.3. The Balaban J connectivity index is 0.00000264. The fourth-order valence-corrected chi connectivity index (χ4v) is 2.69. The zero-order chi connectivity index (χ0) is 15.9. The van der Waals surface area contributed by atoms with Crippen LogP contribution < -0.4 is 10.6 Å². The van der Waals surface area contributed by atoms with Crippen LogP contribution in [0.2, 0.25) is 0 Å². The first-order chi connectivity index (χ1) is 10.6. The molecule has 0 radical (unpaired) electrons. The lowest BCUT2D eigenvalue weighted by Gasteiger charge is -2.11. The molecule has 23 heavy (non-hydrogen) atoms.